The lowest BCUT2D eigenvalue weighted by molar-refractivity contribution is -0.266. The van der Waals surface area contributed by atoms with Gasteiger partial charge < -0.3 is 48.6 Å². The van der Waals surface area contributed by atoms with Crippen LogP contribution in [0.4, 0.5) is 0 Å². The van der Waals surface area contributed by atoms with E-state index in [0.717, 1.165) is 12.0 Å². The molecule has 3 N–H and O–H groups in total. The van der Waals surface area contributed by atoms with Crippen LogP contribution in [0.15, 0.2) is 47.6 Å². The molecule has 15 heteroatoms. The molecule has 69 heavy (non-hydrogen) atoms. The molecule has 3 saturated heterocycles. The number of amides is 1. The number of aliphatic hydroxyl groups excluding tert-OH is 2. The fraction of sp³-hybridized carbons (Fsp3) is 0.759. The van der Waals surface area contributed by atoms with Crippen molar-refractivity contribution in [2.45, 2.75) is 180 Å². The third-order valence-corrected chi connectivity index (χ3v) is 15.4. The Kier molecular flexibility index (Phi) is 21.6. The fourth-order valence-corrected chi connectivity index (χ4v) is 10.7. The third kappa shape index (κ3) is 15.1. The molecule has 1 saturated carbocycles. The van der Waals surface area contributed by atoms with E-state index in [1.54, 1.807) is 34.0 Å². The number of ether oxygens (including phenoxy) is 6. The van der Waals surface area contributed by atoms with Gasteiger partial charge in [-0.1, -0.05) is 71.1 Å². The highest BCUT2D eigenvalue weighted by molar-refractivity contribution is 6.39. The van der Waals surface area contributed by atoms with Crippen molar-refractivity contribution < 1.29 is 67.7 Å². The predicted molar refractivity (Wildman–Crippen MR) is 258 cm³/mol. The van der Waals surface area contributed by atoms with Crippen LogP contribution in [0, 0.1) is 41.4 Å². The number of ketones is 3. The summed E-state index contributed by atoms with van der Waals surface area (Å²) in [5.41, 5.74) is 1.28. The number of aliphatic hydroxyl groups is 3. The van der Waals surface area contributed by atoms with E-state index in [1.165, 1.54) is 12.0 Å². The molecule has 388 valence electrons. The number of carbonyl (C=O) groups excluding carboxylic acids is 5. The van der Waals surface area contributed by atoms with E-state index in [9.17, 15) is 39.3 Å². The number of esters is 1. The number of cyclic esters (lactones) is 1. The van der Waals surface area contributed by atoms with Crippen molar-refractivity contribution in [1.29, 1.82) is 0 Å². The standard InChI is InChI=1S/C54H83NO14/c1-32-15-11-10-12-16-33(2)45(67-31-40-29-66-30-40)27-41-20-18-38(7)54(63,69-41)51(60)52(61)55-22-14-13-17-42(55)53(62)68-46(35(4)25-39-19-21-43(56)47(26-39)64-8)28-44(57)34(3)24-37(6)49(59)50(65-9)48(58)36(5)23-32/h10-12,15-16,24,32,34-36,38-43,45-47,49-50,56,59,63H,13-14,17-23,25-31H2,1-9H3/t32-,34-,35-,36-,38-,39+,41+,42+,43-,45+,46+,47-,49-,50+,54-/m1/s1. The van der Waals surface area contributed by atoms with Gasteiger partial charge >= 0.3 is 5.97 Å². The number of carbonyl (C=O) groups is 5. The molecule has 4 fully saturated rings. The number of hydrogen-bond donors (Lipinski definition) is 3. The average molecular weight is 970 g/mol. The Morgan fingerprint density at radius 2 is 1.59 bits per heavy atom. The van der Waals surface area contributed by atoms with Gasteiger partial charge in [0.25, 0.3) is 11.7 Å². The summed E-state index contributed by atoms with van der Waals surface area (Å²) in [6, 6.07) is -1.15. The molecule has 5 aliphatic rings. The summed E-state index contributed by atoms with van der Waals surface area (Å²) in [4.78, 5) is 72.3. The highest BCUT2D eigenvalue weighted by atomic mass is 16.6. The lowest BCUT2D eigenvalue weighted by Gasteiger charge is -2.43. The minimum atomic E-state index is -2.45. The first-order valence-electron chi connectivity index (χ1n) is 25.6. The zero-order valence-corrected chi connectivity index (χ0v) is 42.7. The van der Waals surface area contributed by atoms with Crippen LogP contribution in [0.25, 0.3) is 0 Å². The maximum atomic E-state index is 14.5. The third-order valence-electron chi connectivity index (χ3n) is 15.4. The molecule has 2 bridgehead atoms. The lowest BCUT2D eigenvalue weighted by atomic mass is 9.78. The van der Waals surface area contributed by atoms with Gasteiger partial charge in [-0.05, 0) is 107 Å². The number of rotatable bonds is 8. The lowest BCUT2D eigenvalue weighted by Crippen LogP contribution is -2.61. The molecule has 0 unspecified atom stereocenters. The van der Waals surface area contributed by atoms with Gasteiger partial charge in [0.2, 0.25) is 5.79 Å². The van der Waals surface area contributed by atoms with Gasteiger partial charge in [0.1, 0.15) is 30.1 Å². The van der Waals surface area contributed by atoms with Crippen molar-refractivity contribution in [3.8, 4) is 0 Å². The Morgan fingerprint density at radius 3 is 2.28 bits per heavy atom. The molecule has 1 aliphatic carbocycles. The quantitative estimate of drug-likeness (QED) is 0.141. The first kappa shape index (κ1) is 56.5. The van der Waals surface area contributed by atoms with Gasteiger partial charge in [-0.25, -0.2) is 4.79 Å². The van der Waals surface area contributed by atoms with E-state index in [1.807, 2.05) is 58.1 Å². The van der Waals surface area contributed by atoms with Crippen molar-refractivity contribution in [1.82, 2.24) is 4.90 Å². The van der Waals surface area contributed by atoms with Crippen molar-refractivity contribution in [2.24, 2.45) is 41.4 Å². The average Bonchev–Trinajstić information content (AvgIpc) is 3.31. The number of Topliss-reactive ketones (excluding diaryl/α,β-unsaturated/α-hetero) is 3. The van der Waals surface area contributed by atoms with E-state index in [2.05, 4.69) is 0 Å². The summed E-state index contributed by atoms with van der Waals surface area (Å²) in [6.07, 6.45) is 11.2. The SMILES string of the molecule is CO[C@@H]1C[C@H](C[C@@H](C)[C@@H]2CC(=O)[C@H](C)C=C(C)[C@@H](O)[C@@H](OC)C(=O)[C@H](C)C[C@H](C)C=CC=CC=C(C)[C@@H](OCC3COC3)C[C@@H]3CC[C@@H](C)[C@@](O)(O3)C(=O)C(=O)N3CCCC[C@H]3C(=O)O2)CC[C@H]1O. The normalized spacial score (nSPS) is 37.6. The number of methoxy groups -OCH3 is 2. The number of hydrogen-bond acceptors (Lipinski definition) is 14. The summed E-state index contributed by atoms with van der Waals surface area (Å²) in [5, 5.41) is 34.1. The van der Waals surface area contributed by atoms with Crippen LogP contribution in [-0.2, 0) is 52.4 Å². The largest absolute Gasteiger partial charge is 0.460 e. The van der Waals surface area contributed by atoms with Crippen molar-refractivity contribution in [3.05, 3.63) is 47.6 Å². The molecule has 4 heterocycles. The van der Waals surface area contributed by atoms with E-state index in [0.29, 0.717) is 83.2 Å². The van der Waals surface area contributed by atoms with E-state index in [-0.39, 0.29) is 60.7 Å². The molecule has 0 aromatic heterocycles. The summed E-state index contributed by atoms with van der Waals surface area (Å²) < 4.78 is 35.5. The molecule has 0 aromatic carbocycles. The molecule has 1 amide bonds. The molecule has 4 aliphatic heterocycles. The van der Waals surface area contributed by atoms with Gasteiger partial charge in [-0.2, -0.15) is 0 Å². The molecule has 0 radical (unpaired) electrons. The Labute approximate surface area is 410 Å². The predicted octanol–water partition coefficient (Wildman–Crippen LogP) is 6.20. The van der Waals surface area contributed by atoms with Crippen LogP contribution in [0.3, 0.4) is 0 Å². The topological polar surface area (TPSA) is 205 Å². The second kappa shape index (κ2) is 26.3. The zero-order valence-electron chi connectivity index (χ0n) is 42.7. The summed E-state index contributed by atoms with van der Waals surface area (Å²) in [5.74, 6) is -7.78. The molecule has 5 rings (SSSR count). The van der Waals surface area contributed by atoms with Crippen LogP contribution in [0.1, 0.15) is 126 Å². The van der Waals surface area contributed by atoms with Crippen LogP contribution in [0.5, 0.6) is 0 Å². The number of piperidine rings is 1. The van der Waals surface area contributed by atoms with Crippen LogP contribution in [-0.4, -0.2) is 145 Å². The number of allylic oxidation sites excluding steroid dienone is 6. The number of nitrogens with zero attached hydrogens (tertiary/aromatic N) is 1. The van der Waals surface area contributed by atoms with E-state index < -0.39 is 83.9 Å². The first-order chi connectivity index (χ1) is 32.8. The van der Waals surface area contributed by atoms with Gasteiger partial charge in [0.05, 0.1) is 44.2 Å². The molecule has 0 aromatic rings. The maximum absolute atomic E-state index is 14.5. The molecule has 0 spiro atoms. The van der Waals surface area contributed by atoms with E-state index >= 15 is 0 Å². The van der Waals surface area contributed by atoms with Crippen LogP contribution >= 0.6 is 0 Å². The second-order valence-corrected chi connectivity index (χ2v) is 21.1. The van der Waals surface area contributed by atoms with Crippen molar-refractivity contribution in [2.75, 3.05) is 40.6 Å². The Balaban J connectivity index is 1.47. The van der Waals surface area contributed by atoms with Crippen LogP contribution < -0.4 is 0 Å². The fourth-order valence-electron chi connectivity index (χ4n) is 10.7. The molecule has 15 nitrogen and oxygen atoms in total. The van der Waals surface area contributed by atoms with Gasteiger partial charge in [0.15, 0.2) is 5.78 Å². The minimum absolute atomic E-state index is 0.00918. The monoisotopic (exact) mass is 970 g/mol. The van der Waals surface area contributed by atoms with E-state index in [4.69, 9.17) is 28.4 Å². The molecular weight excluding hydrogens is 887 g/mol. The summed E-state index contributed by atoms with van der Waals surface area (Å²) in [6.45, 7) is 14.5. The van der Waals surface area contributed by atoms with Gasteiger partial charge in [0, 0.05) is 57.3 Å². The zero-order chi connectivity index (χ0) is 50.6. The maximum Gasteiger partial charge on any atom is 0.329 e. The van der Waals surface area contributed by atoms with Gasteiger partial charge in [-0.3, -0.25) is 19.2 Å². The summed E-state index contributed by atoms with van der Waals surface area (Å²) >= 11 is 0. The van der Waals surface area contributed by atoms with Gasteiger partial charge in [-0.15, -0.1) is 0 Å². The van der Waals surface area contributed by atoms with Crippen LogP contribution in [0.2, 0.25) is 0 Å². The van der Waals surface area contributed by atoms with Crippen molar-refractivity contribution in [3.63, 3.8) is 0 Å². The minimum Gasteiger partial charge on any atom is -0.460 e. The summed E-state index contributed by atoms with van der Waals surface area (Å²) in [7, 11) is 2.95. The van der Waals surface area contributed by atoms with Crippen molar-refractivity contribution >= 4 is 29.2 Å². The highest BCUT2D eigenvalue weighted by Crippen LogP contribution is 2.38. The highest BCUT2D eigenvalue weighted by Gasteiger charge is 2.53. The Hall–Kier alpha value is -3.41. The Bertz CT molecular complexity index is 1870. The number of fused-ring (bicyclic) bond motifs is 3. The Morgan fingerprint density at radius 1 is 0.855 bits per heavy atom. The molecule has 15 atom stereocenters. The second-order valence-electron chi connectivity index (χ2n) is 21.1. The molecular formula is C54H83NO14. The first-order valence-corrected chi connectivity index (χ1v) is 25.6. The smallest absolute Gasteiger partial charge is 0.329 e.